The fourth-order valence-corrected chi connectivity index (χ4v) is 3.04. The second kappa shape index (κ2) is 13.6. The summed E-state index contributed by atoms with van der Waals surface area (Å²) in [4.78, 5) is 28.7. The summed E-state index contributed by atoms with van der Waals surface area (Å²) in [5.41, 5.74) is 1.86. The minimum absolute atomic E-state index is 0. The molecule has 0 fully saturated rings. The van der Waals surface area contributed by atoms with Gasteiger partial charge < -0.3 is 10.1 Å². The predicted molar refractivity (Wildman–Crippen MR) is 128 cm³/mol. The highest BCUT2D eigenvalue weighted by atomic mass is 35.5. The van der Waals surface area contributed by atoms with Crippen molar-refractivity contribution in [1.82, 2.24) is 20.1 Å². The average molecular weight is 516 g/mol. The minimum atomic E-state index is -1.01. The summed E-state index contributed by atoms with van der Waals surface area (Å²) in [6, 6.07) is 7.77. The average Bonchev–Trinajstić information content (AvgIpc) is 3.14. The quantitative estimate of drug-likeness (QED) is 0.424. The van der Waals surface area contributed by atoms with E-state index >= 15 is 0 Å². The van der Waals surface area contributed by atoms with Crippen LogP contribution in [-0.4, -0.2) is 45.8 Å². The third kappa shape index (κ3) is 7.75. The van der Waals surface area contributed by atoms with Gasteiger partial charge in [-0.3, -0.25) is 24.6 Å². The molecule has 0 radical (unpaired) electrons. The number of nitrogens with zero attached hydrogens (tertiary/aromatic N) is 3. The number of carbonyl (C=O) groups is 2. The van der Waals surface area contributed by atoms with Crippen molar-refractivity contribution in [3.05, 3.63) is 66.0 Å². The van der Waals surface area contributed by atoms with Gasteiger partial charge in [-0.25, -0.2) is 8.78 Å². The van der Waals surface area contributed by atoms with E-state index in [0.717, 1.165) is 17.7 Å². The summed E-state index contributed by atoms with van der Waals surface area (Å²) < 4.78 is 33.3. The van der Waals surface area contributed by atoms with E-state index in [2.05, 4.69) is 20.7 Å². The molecule has 0 aliphatic carbocycles. The molecule has 0 saturated carbocycles. The first kappa shape index (κ1) is 29.0. The summed E-state index contributed by atoms with van der Waals surface area (Å²) in [6.45, 7) is 1.66. The lowest BCUT2D eigenvalue weighted by molar-refractivity contribution is -0.142. The van der Waals surface area contributed by atoms with E-state index in [9.17, 15) is 18.4 Å². The van der Waals surface area contributed by atoms with Gasteiger partial charge in [-0.05, 0) is 43.2 Å². The maximum atomic E-state index is 13.6. The van der Waals surface area contributed by atoms with Crippen LogP contribution < -0.4 is 10.6 Å². The topological polar surface area (TPSA) is 98.1 Å². The van der Waals surface area contributed by atoms with Gasteiger partial charge in [-0.2, -0.15) is 5.10 Å². The lowest BCUT2D eigenvalue weighted by atomic mass is 10.0. The van der Waals surface area contributed by atoms with E-state index < -0.39 is 29.6 Å². The van der Waals surface area contributed by atoms with E-state index in [1.165, 1.54) is 10.7 Å². The molecule has 1 amide bonds. The third-order valence-electron chi connectivity index (χ3n) is 4.65. The van der Waals surface area contributed by atoms with Gasteiger partial charge in [0.15, 0.2) is 11.6 Å². The molecule has 0 aliphatic rings. The first-order valence-electron chi connectivity index (χ1n) is 9.95. The number of aryl methyl sites for hydroxylation is 1. The number of anilines is 1. The summed E-state index contributed by atoms with van der Waals surface area (Å²) in [7, 11) is 1.68. The molecule has 0 unspecified atom stereocenters. The number of esters is 1. The van der Waals surface area contributed by atoms with Gasteiger partial charge in [0, 0.05) is 31.1 Å². The Morgan fingerprint density at radius 2 is 1.79 bits per heavy atom. The van der Waals surface area contributed by atoms with Crippen molar-refractivity contribution in [2.75, 3.05) is 18.5 Å². The van der Waals surface area contributed by atoms with Crippen LogP contribution in [0.3, 0.4) is 0 Å². The zero-order chi connectivity index (χ0) is 23.1. The van der Waals surface area contributed by atoms with Crippen LogP contribution in [0.1, 0.15) is 12.5 Å². The Bertz CT molecular complexity index is 1100. The van der Waals surface area contributed by atoms with Crippen LogP contribution in [0.25, 0.3) is 11.3 Å². The van der Waals surface area contributed by atoms with Gasteiger partial charge >= 0.3 is 5.97 Å². The van der Waals surface area contributed by atoms with Crippen molar-refractivity contribution in [2.24, 2.45) is 7.05 Å². The molecule has 0 spiro atoms. The largest absolute Gasteiger partial charge is 0.465 e. The Morgan fingerprint density at radius 1 is 1.09 bits per heavy atom. The fraction of sp³-hybridized carbons (Fsp3) is 0.273. The van der Waals surface area contributed by atoms with Crippen LogP contribution in [0.2, 0.25) is 0 Å². The maximum absolute atomic E-state index is 13.6. The van der Waals surface area contributed by atoms with E-state index in [0.29, 0.717) is 17.1 Å². The van der Waals surface area contributed by atoms with E-state index in [4.69, 9.17) is 4.74 Å². The van der Waals surface area contributed by atoms with Gasteiger partial charge in [0.05, 0.1) is 24.9 Å². The molecule has 12 heteroatoms. The lowest BCUT2D eigenvalue weighted by Crippen LogP contribution is -2.45. The van der Waals surface area contributed by atoms with E-state index in [1.807, 2.05) is 0 Å². The molecule has 3 aromatic rings. The van der Waals surface area contributed by atoms with Crippen LogP contribution in [0.5, 0.6) is 0 Å². The fourth-order valence-electron chi connectivity index (χ4n) is 3.04. The Labute approximate surface area is 207 Å². The number of carbonyl (C=O) groups excluding carboxylic acids is 2. The Balaban J connectivity index is 0.00000289. The molecule has 1 aromatic carbocycles. The normalized spacial score (nSPS) is 11.1. The van der Waals surface area contributed by atoms with Gasteiger partial charge in [-0.1, -0.05) is 6.07 Å². The Morgan fingerprint density at radius 3 is 2.44 bits per heavy atom. The second-order valence-corrected chi connectivity index (χ2v) is 6.95. The molecule has 0 bridgehead atoms. The molecular formula is C22H25Cl2F2N5O3. The highest BCUT2D eigenvalue weighted by Gasteiger charge is 2.22. The maximum Gasteiger partial charge on any atom is 0.319 e. The summed E-state index contributed by atoms with van der Waals surface area (Å²) in [5, 5.41) is 9.98. The molecule has 34 heavy (non-hydrogen) atoms. The molecule has 0 saturated heterocycles. The number of hydrogen-bond donors (Lipinski definition) is 2. The van der Waals surface area contributed by atoms with Crippen LogP contribution >= 0.6 is 24.8 Å². The van der Waals surface area contributed by atoms with E-state index in [1.54, 1.807) is 44.6 Å². The summed E-state index contributed by atoms with van der Waals surface area (Å²) >= 11 is 0. The number of pyridine rings is 1. The number of benzene rings is 1. The van der Waals surface area contributed by atoms with Crippen molar-refractivity contribution in [1.29, 1.82) is 0 Å². The van der Waals surface area contributed by atoms with Gasteiger partial charge in [-0.15, -0.1) is 24.8 Å². The number of amides is 1. The number of ether oxygens (including phenoxy) is 1. The standard InChI is InChI=1S/C22H23F2N5O3.2ClH/c1-3-32-21(30)13-26-19(11-14-4-5-16(23)17(24)10-14)22(31)27-20-12-18(28-29(20)2)15-6-8-25-9-7-15;;/h4-10,12,19,26H,3,11,13H2,1-2H3,(H,27,31);2*1H/t19-;;/m0../s1. The number of rotatable bonds is 9. The van der Waals surface area contributed by atoms with Crippen molar-refractivity contribution >= 4 is 42.5 Å². The molecule has 2 N–H and O–H groups in total. The highest BCUT2D eigenvalue weighted by Crippen LogP contribution is 2.21. The molecule has 8 nitrogen and oxygen atoms in total. The van der Waals surface area contributed by atoms with Crippen LogP contribution in [0.4, 0.5) is 14.6 Å². The molecular weight excluding hydrogens is 491 g/mol. The SMILES string of the molecule is CCOC(=O)CN[C@@H](Cc1ccc(F)c(F)c1)C(=O)Nc1cc(-c2ccncc2)nn1C.Cl.Cl. The lowest BCUT2D eigenvalue weighted by Gasteiger charge is -2.18. The monoisotopic (exact) mass is 515 g/mol. The molecule has 184 valence electrons. The van der Waals surface area contributed by atoms with Gasteiger partial charge in [0.25, 0.3) is 0 Å². The molecule has 2 heterocycles. The van der Waals surface area contributed by atoms with Crippen molar-refractivity contribution in [3.8, 4) is 11.3 Å². The summed E-state index contributed by atoms with van der Waals surface area (Å²) in [5.74, 6) is -2.57. The van der Waals surface area contributed by atoms with Gasteiger partial charge in [0.1, 0.15) is 5.82 Å². The van der Waals surface area contributed by atoms with E-state index in [-0.39, 0.29) is 44.4 Å². The number of aromatic nitrogens is 3. The summed E-state index contributed by atoms with van der Waals surface area (Å²) in [6.07, 6.45) is 3.30. The van der Waals surface area contributed by atoms with Gasteiger partial charge in [0.2, 0.25) is 5.91 Å². The predicted octanol–water partition coefficient (Wildman–Crippen LogP) is 3.31. The first-order valence-corrected chi connectivity index (χ1v) is 9.95. The zero-order valence-corrected chi connectivity index (χ0v) is 20.1. The Kier molecular flexibility index (Phi) is 11.6. The molecule has 3 rings (SSSR count). The van der Waals surface area contributed by atoms with Crippen LogP contribution in [0.15, 0.2) is 48.8 Å². The van der Waals surface area contributed by atoms with Crippen molar-refractivity contribution < 1.29 is 23.1 Å². The van der Waals surface area contributed by atoms with Crippen LogP contribution in [-0.2, 0) is 27.8 Å². The Hall–Kier alpha value is -3.08. The molecule has 0 aliphatic heterocycles. The van der Waals surface area contributed by atoms with Crippen molar-refractivity contribution in [3.63, 3.8) is 0 Å². The first-order chi connectivity index (χ1) is 15.4. The number of halogens is 4. The van der Waals surface area contributed by atoms with Crippen molar-refractivity contribution in [2.45, 2.75) is 19.4 Å². The smallest absolute Gasteiger partial charge is 0.319 e. The second-order valence-electron chi connectivity index (χ2n) is 6.95. The minimum Gasteiger partial charge on any atom is -0.465 e. The molecule has 1 atom stereocenters. The number of hydrogen-bond acceptors (Lipinski definition) is 6. The number of nitrogens with one attached hydrogen (secondary N) is 2. The zero-order valence-electron chi connectivity index (χ0n) is 18.5. The van der Waals surface area contributed by atoms with Crippen LogP contribution in [0, 0.1) is 11.6 Å². The third-order valence-corrected chi connectivity index (χ3v) is 4.65. The highest BCUT2D eigenvalue weighted by molar-refractivity contribution is 5.95. The molecule has 2 aromatic heterocycles.